The molecule has 4 atom stereocenters. The van der Waals surface area contributed by atoms with E-state index in [4.69, 9.17) is 4.74 Å². The number of benzene rings is 1. The lowest BCUT2D eigenvalue weighted by Gasteiger charge is -2.27. The van der Waals surface area contributed by atoms with Gasteiger partial charge in [0, 0.05) is 22.1 Å². The first-order chi connectivity index (χ1) is 9.54. The van der Waals surface area contributed by atoms with E-state index >= 15 is 0 Å². The fraction of sp³-hybridized carbons (Fsp3) is 0.625. The second-order valence-electron chi connectivity index (χ2n) is 5.06. The molecule has 1 N–H and O–H groups in total. The summed E-state index contributed by atoms with van der Waals surface area (Å²) in [5.74, 6) is 0.847. The zero-order valence-electron chi connectivity index (χ0n) is 13.2. The van der Waals surface area contributed by atoms with Crippen molar-refractivity contribution in [1.29, 1.82) is 0 Å². The lowest BCUT2D eigenvalue weighted by Crippen LogP contribution is -2.35. The third-order valence-electron chi connectivity index (χ3n) is 3.71. The molecule has 0 saturated heterocycles. The second kappa shape index (κ2) is 8.42. The Morgan fingerprint density at radius 2 is 1.80 bits per heavy atom. The third kappa shape index (κ3) is 4.32. The van der Waals surface area contributed by atoms with E-state index in [0.717, 1.165) is 24.3 Å². The molecule has 0 amide bonds. The topological polar surface area (TPSA) is 38.3 Å². The van der Waals surface area contributed by atoms with Crippen LogP contribution in [-0.2, 0) is 10.8 Å². The van der Waals surface area contributed by atoms with Gasteiger partial charge in [0.2, 0.25) is 0 Å². The van der Waals surface area contributed by atoms with Crippen LogP contribution in [0.5, 0.6) is 5.75 Å². The van der Waals surface area contributed by atoms with Gasteiger partial charge in [-0.05, 0) is 37.6 Å². The van der Waals surface area contributed by atoms with Crippen LogP contribution in [0.2, 0.25) is 0 Å². The molecule has 3 nitrogen and oxygen atoms in total. The Balaban J connectivity index is 2.94. The van der Waals surface area contributed by atoms with E-state index in [1.807, 2.05) is 12.1 Å². The van der Waals surface area contributed by atoms with Gasteiger partial charge in [-0.25, -0.2) is 0 Å². The van der Waals surface area contributed by atoms with Crippen LogP contribution in [0, 0.1) is 0 Å². The molecule has 0 radical (unpaired) electrons. The van der Waals surface area contributed by atoms with Crippen LogP contribution in [0.3, 0.4) is 0 Å². The van der Waals surface area contributed by atoms with Gasteiger partial charge in [0.05, 0.1) is 12.4 Å². The molecule has 0 aliphatic heterocycles. The van der Waals surface area contributed by atoms with E-state index in [0.29, 0.717) is 0 Å². The fourth-order valence-electron chi connectivity index (χ4n) is 2.25. The smallest absolute Gasteiger partial charge is 0.118 e. The Bertz CT molecular complexity index is 419. The predicted molar refractivity (Wildman–Crippen MR) is 86.8 cm³/mol. The van der Waals surface area contributed by atoms with Gasteiger partial charge in [0.1, 0.15) is 5.75 Å². The van der Waals surface area contributed by atoms with Crippen molar-refractivity contribution in [3.8, 4) is 5.75 Å². The maximum Gasteiger partial charge on any atom is 0.118 e. The van der Waals surface area contributed by atoms with Gasteiger partial charge < -0.3 is 10.1 Å². The molecule has 0 saturated carbocycles. The van der Waals surface area contributed by atoms with Crippen LogP contribution in [-0.4, -0.2) is 28.4 Å². The summed E-state index contributed by atoms with van der Waals surface area (Å²) in [6, 6.07) is 8.13. The quantitative estimate of drug-likeness (QED) is 0.800. The van der Waals surface area contributed by atoms with Gasteiger partial charge in [-0.2, -0.15) is 0 Å². The molecule has 0 heterocycles. The zero-order chi connectivity index (χ0) is 15.1. The summed E-state index contributed by atoms with van der Waals surface area (Å²) in [5, 5.41) is 3.77. The molecule has 20 heavy (non-hydrogen) atoms. The number of ether oxygens (including phenoxy) is 1. The molecule has 1 rings (SSSR count). The van der Waals surface area contributed by atoms with E-state index in [1.54, 1.807) is 7.11 Å². The van der Waals surface area contributed by atoms with Gasteiger partial charge in [0.25, 0.3) is 0 Å². The Kier molecular flexibility index (Phi) is 7.24. The van der Waals surface area contributed by atoms with E-state index < -0.39 is 10.8 Å². The monoisotopic (exact) mass is 297 g/mol. The van der Waals surface area contributed by atoms with E-state index in [-0.39, 0.29) is 16.5 Å². The summed E-state index contributed by atoms with van der Waals surface area (Å²) < 4.78 is 17.7. The largest absolute Gasteiger partial charge is 0.497 e. The summed E-state index contributed by atoms with van der Waals surface area (Å²) in [6.45, 7) is 9.16. The maximum atomic E-state index is 12.5. The highest BCUT2D eigenvalue weighted by Gasteiger charge is 2.26. The number of rotatable bonds is 8. The normalized spacial score (nSPS) is 17.2. The van der Waals surface area contributed by atoms with Crippen LogP contribution in [0.15, 0.2) is 24.3 Å². The minimum atomic E-state index is -0.842. The summed E-state index contributed by atoms with van der Waals surface area (Å²) in [6.07, 6.45) is 0.943. The third-order valence-corrected chi connectivity index (χ3v) is 5.84. The maximum absolute atomic E-state index is 12.5. The number of nitrogens with one attached hydrogen (secondary N) is 1. The van der Waals surface area contributed by atoms with Crippen LogP contribution in [0.25, 0.3) is 0 Å². The second-order valence-corrected chi connectivity index (χ2v) is 7.27. The molecule has 1 aromatic rings. The molecule has 0 fully saturated rings. The van der Waals surface area contributed by atoms with Crippen molar-refractivity contribution >= 4 is 10.8 Å². The molecule has 4 unspecified atom stereocenters. The van der Waals surface area contributed by atoms with Gasteiger partial charge >= 0.3 is 0 Å². The number of hydrogen-bond donors (Lipinski definition) is 1. The predicted octanol–water partition coefficient (Wildman–Crippen LogP) is 3.28. The van der Waals surface area contributed by atoms with E-state index in [2.05, 4.69) is 45.1 Å². The summed E-state index contributed by atoms with van der Waals surface area (Å²) in [7, 11) is 0.822. The van der Waals surface area contributed by atoms with Crippen molar-refractivity contribution < 1.29 is 8.95 Å². The van der Waals surface area contributed by atoms with Gasteiger partial charge in [0.15, 0.2) is 0 Å². The summed E-state index contributed by atoms with van der Waals surface area (Å²) >= 11 is 0. The Morgan fingerprint density at radius 1 is 1.20 bits per heavy atom. The Labute approximate surface area is 125 Å². The van der Waals surface area contributed by atoms with Crippen molar-refractivity contribution in [3.05, 3.63) is 29.8 Å². The highest BCUT2D eigenvalue weighted by atomic mass is 32.2. The lowest BCUT2D eigenvalue weighted by molar-refractivity contribution is 0.414. The van der Waals surface area contributed by atoms with Gasteiger partial charge in [-0.15, -0.1) is 0 Å². The van der Waals surface area contributed by atoms with Crippen LogP contribution < -0.4 is 10.1 Å². The highest BCUT2D eigenvalue weighted by Crippen LogP contribution is 2.25. The van der Waals surface area contributed by atoms with E-state index in [9.17, 15) is 4.21 Å². The molecule has 114 valence electrons. The first kappa shape index (κ1) is 17.2. The molecular weight excluding hydrogens is 270 g/mol. The molecule has 0 aliphatic rings. The molecule has 1 aromatic carbocycles. The molecule has 0 bridgehead atoms. The zero-order valence-corrected chi connectivity index (χ0v) is 14.0. The van der Waals surface area contributed by atoms with Crippen molar-refractivity contribution in [3.63, 3.8) is 0 Å². The SMILES string of the molecule is CCNC(c1ccc(OC)cc1)C(C)S(=O)C(C)CC. The van der Waals surface area contributed by atoms with Crippen molar-refractivity contribution in [2.75, 3.05) is 13.7 Å². The minimum absolute atomic E-state index is 0.0818. The van der Waals surface area contributed by atoms with Gasteiger partial charge in [-0.1, -0.05) is 32.9 Å². The Hall–Kier alpha value is -0.870. The van der Waals surface area contributed by atoms with Crippen molar-refractivity contribution in [1.82, 2.24) is 5.32 Å². The molecule has 0 spiro atoms. The molecular formula is C16H27NO2S. The average Bonchev–Trinajstić information content (AvgIpc) is 2.50. The molecule has 0 aromatic heterocycles. The van der Waals surface area contributed by atoms with E-state index in [1.165, 1.54) is 0 Å². The first-order valence-corrected chi connectivity index (χ1v) is 8.59. The first-order valence-electron chi connectivity index (χ1n) is 7.31. The van der Waals surface area contributed by atoms with Crippen LogP contribution in [0.4, 0.5) is 0 Å². The highest BCUT2D eigenvalue weighted by molar-refractivity contribution is 7.86. The number of methoxy groups -OCH3 is 1. The van der Waals surface area contributed by atoms with Crippen LogP contribution in [0.1, 0.15) is 45.7 Å². The standard InChI is InChI=1S/C16H27NO2S/c1-6-12(3)20(18)13(4)16(17-7-2)14-8-10-15(19-5)11-9-14/h8-13,16-17H,6-7H2,1-5H3. The fourth-order valence-corrected chi connectivity index (χ4v) is 3.83. The summed E-state index contributed by atoms with van der Waals surface area (Å²) in [5.41, 5.74) is 1.16. The summed E-state index contributed by atoms with van der Waals surface area (Å²) in [4.78, 5) is 0. The van der Waals surface area contributed by atoms with Gasteiger partial charge in [-0.3, -0.25) is 4.21 Å². The van der Waals surface area contributed by atoms with Crippen LogP contribution >= 0.6 is 0 Å². The number of hydrogen-bond acceptors (Lipinski definition) is 3. The molecule has 4 heteroatoms. The Morgan fingerprint density at radius 3 is 2.25 bits per heavy atom. The minimum Gasteiger partial charge on any atom is -0.497 e. The average molecular weight is 297 g/mol. The van der Waals surface area contributed by atoms with Crippen molar-refractivity contribution in [2.45, 2.75) is 50.7 Å². The van der Waals surface area contributed by atoms with Crippen molar-refractivity contribution in [2.24, 2.45) is 0 Å². The molecule has 0 aliphatic carbocycles. The lowest BCUT2D eigenvalue weighted by atomic mass is 10.0.